The highest BCUT2D eigenvalue weighted by Crippen LogP contribution is 2.41. The molecule has 0 unspecified atom stereocenters. The zero-order chi connectivity index (χ0) is 22.3. The van der Waals surface area contributed by atoms with Crippen molar-refractivity contribution in [3.05, 3.63) is 58.6 Å². The van der Waals surface area contributed by atoms with E-state index in [1.54, 1.807) is 0 Å². The summed E-state index contributed by atoms with van der Waals surface area (Å²) >= 11 is 0. The number of nitro groups is 1. The number of benzene rings is 3. The van der Waals surface area contributed by atoms with E-state index < -0.39 is 46.4 Å². The van der Waals surface area contributed by atoms with Crippen molar-refractivity contribution in [2.24, 2.45) is 10.2 Å². The summed E-state index contributed by atoms with van der Waals surface area (Å²) in [5, 5.41) is 28.2. The molecular formula is C16H9N3O9S2-2. The minimum atomic E-state index is -5.20. The van der Waals surface area contributed by atoms with E-state index in [-0.39, 0.29) is 22.1 Å². The summed E-state index contributed by atoms with van der Waals surface area (Å²) < 4.78 is 68.1. The van der Waals surface area contributed by atoms with Crippen molar-refractivity contribution in [3.8, 4) is 5.75 Å². The number of non-ortho nitro benzene ring substituents is 1. The van der Waals surface area contributed by atoms with Gasteiger partial charge in [0.2, 0.25) is 0 Å². The monoisotopic (exact) mass is 451 g/mol. The van der Waals surface area contributed by atoms with Crippen LogP contribution in [0, 0.1) is 10.1 Å². The number of hydrogen-bond acceptors (Lipinski definition) is 11. The van der Waals surface area contributed by atoms with Crippen LogP contribution in [-0.4, -0.2) is 36.0 Å². The minimum absolute atomic E-state index is 0.00189. The third-order valence-corrected chi connectivity index (χ3v) is 5.59. The van der Waals surface area contributed by atoms with Crippen LogP contribution in [0.1, 0.15) is 0 Å². The van der Waals surface area contributed by atoms with E-state index in [1.165, 1.54) is 12.1 Å². The maximum absolute atomic E-state index is 11.5. The number of phenols is 1. The molecular weight excluding hydrogens is 442 g/mol. The first-order valence-corrected chi connectivity index (χ1v) is 10.6. The molecule has 0 aromatic heterocycles. The summed E-state index contributed by atoms with van der Waals surface area (Å²) in [6.45, 7) is 0. The first-order valence-electron chi connectivity index (χ1n) is 7.75. The van der Waals surface area contributed by atoms with Crippen LogP contribution in [0.5, 0.6) is 5.75 Å². The van der Waals surface area contributed by atoms with E-state index in [9.17, 15) is 41.2 Å². The second kappa shape index (κ2) is 7.42. The Morgan fingerprint density at radius 2 is 1.50 bits per heavy atom. The van der Waals surface area contributed by atoms with Gasteiger partial charge in [0, 0.05) is 17.5 Å². The van der Waals surface area contributed by atoms with Gasteiger partial charge in [-0.3, -0.25) is 10.1 Å². The van der Waals surface area contributed by atoms with Crippen LogP contribution in [0.2, 0.25) is 0 Å². The molecule has 0 radical (unpaired) electrons. The average molecular weight is 451 g/mol. The van der Waals surface area contributed by atoms with E-state index >= 15 is 0 Å². The summed E-state index contributed by atoms with van der Waals surface area (Å²) in [7, 11) is -10.1. The summed E-state index contributed by atoms with van der Waals surface area (Å²) in [5.74, 6) is -1.03. The number of aromatic hydroxyl groups is 1. The Bertz CT molecular complexity index is 1410. The third kappa shape index (κ3) is 4.25. The van der Waals surface area contributed by atoms with Gasteiger partial charge in [0.1, 0.15) is 25.9 Å². The molecule has 0 aliphatic rings. The number of fused-ring (bicyclic) bond motifs is 1. The van der Waals surface area contributed by atoms with Crippen LogP contribution >= 0.6 is 0 Å². The first kappa shape index (κ1) is 21.3. The van der Waals surface area contributed by atoms with Gasteiger partial charge in [0.15, 0.2) is 5.75 Å². The molecule has 0 atom stereocenters. The molecule has 0 saturated carbocycles. The Balaban J connectivity index is 2.23. The Kier molecular flexibility index (Phi) is 5.25. The molecule has 0 bridgehead atoms. The molecule has 0 heterocycles. The van der Waals surface area contributed by atoms with Crippen molar-refractivity contribution in [1.82, 2.24) is 0 Å². The topological polar surface area (TPSA) is 202 Å². The highest BCUT2D eigenvalue weighted by Gasteiger charge is 2.18. The lowest BCUT2D eigenvalue weighted by Crippen LogP contribution is -2.01. The van der Waals surface area contributed by atoms with Gasteiger partial charge in [-0.05, 0) is 35.7 Å². The fourth-order valence-electron chi connectivity index (χ4n) is 2.53. The van der Waals surface area contributed by atoms with Gasteiger partial charge in [0.05, 0.1) is 20.4 Å². The molecule has 0 spiro atoms. The Morgan fingerprint density at radius 3 is 2.03 bits per heavy atom. The predicted molar refractivity (Wildman–Crippen MR) is 98.8 cm³/mol. The van der Waals surface area contributed by atoms with Gasteiger partial charge in [-0.15, -0.1) is 5.11 Å². The highest BCUT2D eigenvalue weighted by atomic mass is 32.2. The van der Waals surface area contributed by atoms with Crippen LogP contribution in [0.25, 0.3) is 10.8 Å². The van der Waals surface area contributed by atoms with E-state index in [0.717, 1.165) is 30.3 Å². The standard InChI is InChI=1S/C16H11N3O9S2/c20-16-14(30(26,27)28)8-9-7-12(29(23,24)25)5-6-13(9)15(16)18-17-10-1-3-11(4-2-10)19(21)22/h1-8,20H,(H,23,24,25)(H,26,27,28)/p-2. The maximum atomic E-state index is 11.5. The average Bonchev–Trinajstić information content (AvgIpc) is 2.65. The van der Waals surface area contributed by atoms with Crippen molar-refractivity contribution in [2.45, 2.75) is 9.79 Å². The van der Waals surface area contributed by atoms with Gasteiger partial charge in [-0.1, -0.05) is 6.07 Å². The Morgan fingerprint density at radius 1 is 0.867 bits per heavy atom. The van der Waals surface area contributed by atoms with Crippen molar-refractivity contribution >= 4 is 48.1 Å². The zero-order valence-electron chi connectivity index (χ0n) is 14.5. The van der Waals surface area contributed by atoms with Crippen molar-refractivity contribution < 1.29 is 36.0 Å². The van der Waals surface area contributed by atoms with Gasteiger partial charge in [-0.25, -0.2) is 16.8 Å². The fourth-order valence-corrected chi connectivity index (χ4v) is 3.64. The number of azo groups is 1. The molecule has 0 aliphatic carbocycles. The number of nitrogens with zero attached hydrogens (tertiary/aromatic N) is 3. The van der Waals surface area contributed by atoms with E-state index in [1.807, 2.05) is 0 Å². The van der Waals surface area contributed by atoms with Gasteiger partial charge in [-0.2, -0.15) is 5.11 Å². The van der Waals surface area contributed by atoms with E-state index in [4.69, 9.17) is 0 Å². The van der Waals surface area contributed by atoms with Crippen molar-refractivity contribution in [1.29, 1.82) is 0 Å². The summed E-state index contributed by atoms with van der Waals surface area (Å²) in [5.41, 5.74) is -0.592. The van der Waals surface area contributed by atoms with Crippen LogP contribution in [0.4, 0.5) is 17.1 Å². The predicted octanol–water partition coefficient (Wildman–Crippen LogP) is 2.68. The molecule has 12 nitrogen and oxygen atoms in total. The highest BCUT2D eigenvalue weighted by molar-refractivity contribution is 7.86. The second-order valence-electron chi connectivity index (χ2n) is 5.84. The SMILES string of the molecule is O=[N+]([O-])c1ccc(N=Nc2c(O)c(S(=O)(=O)[O-])cc3cc(S(=O)(=O)[O-])ccc23)cc1. The lowest BCUT2D eigenvalue weighted by Gasteiger charge is -2.14. The van der Waals surface area contributed by atoms with Crippen LogP contribution < -0.4 is 0 Å². The lowest BCUT2D eigenvalue weighted by molar-refractivity contribution is -0.384. The summed E-state index contributed by atoms with van der Waals surface area (Å²) in [4.78, 5) is 8.27. The quantitative estimate of drug-likeness (QED) is 0.262. The van der Waals surface area contributed by atoms with E-state index in [2.05, 4.69) is 10.2 Å². The van der Waals surface area contributed by atoms with Gasteiger partial charge >= 0.3 is 0 Å². The molecule has 1 N–H and O–H groups in total. The van der Waals surface area contributed by atoms with Crippen LogP contribution in [0.3, 0.4) is 0 Å². The summed E-state index contributed by atoms with van der Waals surface area (Å²) in [6.07, 6.45) is 0. The molecule has 14 heteroatoms. The number of phenolic OH excluding ortho intramolecular Hbond substituents is 1. The first-order chi connectivity index (χ1) is 13.9. The minimum Gasteiger partial charge on any atom is -0.744 e. The number of rotatable bonds is 5. The smallest absolute Gasteiger partial charge is 0.269 e. The number of nitro benzene ring substituents is 1. The van der Waals surface area contributed by atoms with E-state index in [0.29, 0.717) is 6.07 Å². The molecule has 0 fully saturated rings. The normalized spacial score (nSPS) is 12.5. The Hall–Kier alpha value is -3.46. The van der Waals surface area contributed by atoms with Crippen LogP contribution in [0.15, 0.2) is 68.6 Å². The molecule has 0 saturated heterocycles. The van der Waals surface area contributed by atoms with Crippen molar-refractivity contribution in [3.63, 3.8) is 0 Å². The lowest BCUT2D eigenvalue weighted by atomic mass is 10.1. The number of hydrogen-bond donors (Lipinski definition) is 1. The molecule has 156 valence electrons. The maximum Gasteiger partial charge on any atom is 0.269 e. The van der Waals surface area contributed by atoms with Crippen molar-refractivity contribution in [2.75, 3.05) is 0 Å². The summed E-state index contributed by atoms with van der Waals surface area (Å²) in [6, 6.07) is 8.29. The molecule has 3 aromatic carbocycles. The third-order valence-electron chi connectivity index (χ3n) is 3.91. The fraction of sp³-hybridized carbons (Fsp3) is 0. The Labute approximate surface area is 168 Å². The molecule has 0 amide bonds. The second-order valence-corrected chi connectivity index (χ2v) is 8.56. The van der Waals surface area contributed by atoms with Crippen LogP contribution in [-0.2, 0) is 20.2 Å². The van der Waals surface area contributed by atoms with Gasteiger partial charge < -0.3 is 14.2 Å². The molecule has 3 rings (SSSR count). The zero-order valence-corrected chi connectivity index (χ0v) is 16.1. The molecule has 0 aliphatic heterocycles. The molecule has 30 heavy (non-hydrogen) atoms. The largest absolute Gasteiger partial charge is 0.744 e. The molecule has 3 aromatic rings. The van der Waals surface area contributed by atoms with Gasteiger partial charge in [0.25, 0.3) is 5.69 Å².